The number of likely N-dealkylation sites (tertiary alicyclic amines) is 1. The van der Waals surface area contributed by atoms with E-state index in [0.717, 1.165) is 5.69 Å². The monoisotopic (exact) mass is 386 g/mol. The maximum atomic E-state index is 12.5. The van der Waals surface area contributed by atoms with E-state index in [0.29, 0.717) is 37.4 Å². The smallest absolute Gasteiger partial charge is 0.331 e. The molecule has 3 aromatic heterocycles. The van der Waals surface area contributed by atoms with Crippen molar-refractivity contribution < 1.29 is 19.1 Å². The second-order valence-corrected chi connectivity index (χ2v) is 7.22. The highest BCUT2D eigenvalue weighted by atomic mass is 32.1. The molecule has 0 spiro atoms. The Hall–Kier alpha value is -2.94. The Labute approximate surface area is 159 Å². The van der Waals surface area contributed by atoms with E-state index >= 15 is 0 Å². The molecule has 0 bridgehead atoms. The summed E-state index contributed by atoms with van der Waals surface area (Å²) in [6, 6.07) is 5.27. The van der Waals surface area contributed by atoms with Crippen molar-refractivity contribution in [3.63, 3.8) is 0 Å². The minimum Gasteiger partial charge on any atom is -0.479 e. The first kappa shape index (κ1) is 17.5. The van der Waals surface area contributed by atoms with Crippen molar-refractivity contribution in [2.75, 3.05) is 13.1 Å². The maximum absolute atomic E-state index is 12.5. The van der Waals surface area contributed by atoms with Crippen LogP contribution >= 0.6 is 11.3 Å². The van der Waals surface area contributed by atoms with Gasteiger partial charge in [0.25, 0.3) is 0 Å². The summed E-state index contributed by atoms with van der Waals surface area (Å²) in [6.07, 6.45) is 4.05. The highest BCUT2D eigenvalue weighted by Crippen LogP contribution is 2.32. The van der Waals surface area contributed by atoms with Crippen LogP contribution in [0.3, 0.4) is 0 Å². The Morgan fingerprint density at radius 1 is 1.30 bits per heavy atom. The SMILES string of the molecule is O=C(Cc1cscn1)N1CCC(C(=O)O)(n2ccc(-c3ccco3)n2)CC1. The second kappa shape index (κ2) is 6.99. The summed E-state index contributed by atoms with van der Waals surface area (Å²) in [6.45, 7) is 0.733. The molecule has 4 heterocycles. The summed E-state index contributed by atoms with van der Waals surface area (Å²) >= 11 is 1.45. The van der Waals surface area contributed by atoms with Gasteiger partial charge in [-0.2, -0.15) is 5.10 Å². The molecule has 8 nitrogen and oxygen atoms in total. The zero-order valence-corrected chi connectivity index (χ0v) is 15.3. The summed E-state index contributed by atoms with van der Waals surface area (Å²) in [5, 5.41) is 16.2. The van der Waals surface area contributed by atoms with Gasteiger partial charge < -0.3 is 14.4 Å². The van der Waals surface area contributed by atoms with E-state index in [1.54, 1.807) is 41.1 Å². The van der Waals surface area contributed by atoms with Crippen molar-refractivity contribution in [1.82, 2.24) is 19.7 Å². The molecule has 3 aromatic rings. The Bertz CT molecular complexity index is 925. The van der Waals surface area contributed by atoms with Crippen LogP contribution in [0.25, 0.3) is 11.5 Å². The number of aliphatic carboxylic acids is 1. The molecule has 0 radical (unpaired) electrons. The Morgan fingerprint density at radius 3 is 2.74 bits per heavy atom. The third-order valence-corrected chi connectivity index (χ3v) is 5.59. The first-order chi connectivity index (χ1) is 13.1. The van der Waals surface area contributed by atoms with Crippen molar-refractivity contribution in [2.45, 2.75) is 24.8 Å². The van der Waals surface area contributed by atoms with Crippen LogP contribution in [0.15, 0.2) is 46.0 Å². The largest absolute Gasteiger partial charge is 0.479 e. The number of hydrogen-bond acceptors (Lipinski definition) is 6. The summed E-state index contributed by atoms with van der Waals surface area (Å²) in [5.41, 5.74) is 1.86. The van der Waals surface area contributed by atoms with E-state index < -0.39 is 11.5 Å². The van der Waals surface area contributed by atoms with E-state index in [4.69, 9.17) is 4.42 Å². The standard InChI is InChI=1S/C18H18N4O4S/c23-16(10-13-11-27-12-19-13)21-7-4-18(5-8-21,17(24)25)22-6-3-14(20-22)15-2-1-9-26-15/h1-3,6,9,11-12H,4-5,7-8,10H2,(H,24,25). The van der Waals surface area contributed by atoms with Gasteiger partial charge in [-0.05, 0) is 18.2 Å². The van der Waals surface area contributed by atoms with Gasteiger partial charge in [0.05, 0.1) is 23.9 Å². The van der Waals surface area contributed by atoms with E-state index in [-0.39, 0.29) is 12.3 Å². The molecule has 0 unspecified atom stereocenters. The molecule has 1 N–H and O–H groups in total. The first-order valence-corrected chi connectivity index (χ1v) is 9.51. The number of aromatic nitrogens is 3. The van der Waals surface area contributed by atoms with E-state index in [9.17, 15) is 14.7 Å². The molecular weight excluding hydrogens is 368 g/mol. The number of carbonyl (C=O) groups excluding carboxylic acids is 1. The third kappa shape index (κ3) is 3.25. The molecule has 1 aliphatic heterocycles. The third-order valence-electron chi connectivity index (χ3n) is 4.96. The predicted octanol–water partition coefficient (Wildman–Crippen LogP) is 2.24. The van der Waals surface area contributed by atoms with Gasteiger partial charge in [0, 0.05) is 37.5 Å². The highest BCUT2D eigenvalue weighted by molar-refractivity contribution is 7.07. The summed E-state index contributed by atoms with van der Waals surface area (Å²) in [4.78, 5) is 30.4. The van der Waals surface area contributed by atoms with Crippen molar-refractivity contribution >= 4 is 23.2 Å². The zero-order chi connectivity index (χ0) is 18.9. The first-order valence-electron chi connectivity index (χ1n) is 8.57. The number of nitrogens with zero attached hydrogens (tertiary/aromatic N) is 4. The van der Waals surface area contributed by atoms with E-state index in [2.05, 4.69) is 10.1 Å². The molecule has 9 heteroatoms. The Kier molecular flexibility index (Phi) is 4.53. The van der Waals surface area contributed by atoms with Crippen LogP contribution in [0, 0.1) is 0 Å². The Balaban J connectivity index is 1.50. The van der Waals surface area contributed by atoms with Crippen molar-refractivity contribution in [1.29, 1.82) is 0 Å². The topological polar surface area (TPSA) is 101 Å². The average Bonchev–Trinajstić information content (AvgIpc) is 3.42. The molecule has 4 rings (SSSR count). The van der Waals surface area contributed by atoms with Gasteiger partial charge in [-0.3, -0.25) is 9.48 Å². The molecule has 1 aliphatic rings. The highest BCUT2D eigenvalue weighted by Gasteiger charge is 2.45. The van der Waals surface area contributed by atoms with Gasteiger partial charge >= 0.3 is 5.97 Å². The lowest BCUT2D eigenvalue weighted by atomic mass is 9.87. The van der Waals surface area contributed by atoms with Crippen molar-refractivity contribution in [3.05, 3.63) is 47.2 Å². The maximum Gasteiger partial charge on any atom is 0.331 e. The fourth-order valence-electron chi connectivity index (χ4n) is 3.38. The molecule has 0 saturated carbocycles. The average molecular weight is 386 g/mol. The number of rotatable bonds is 5. The van der Waals surface area contributed by atoms with Crippen LogP contribution in [0.4, 0.5) is 0 Å². The minimum atomic E-state index is -1.16. The number of piperidine rings is 1. The molecule has 1 amide bonds. The Morgan fingerprint density at radius 2 is 2.11 bits per heavy atom. The quantitative estimate of drug-likeness (QED) is 0.722. The molecule has 0 atom stereocenters. The molecule has 27 heavy (non-hydrogen) atoms. The lowest BCUT2D eigenvalue weighted by molar-refractivity contribution is -0.153. The van der Waals surface area contributed by atoms with Gasteiger partial charge in [-0.1, -0.05) is 0 Å². The number of amides is 1. The molecular formula is C18H18N4O4S. The molecule has 1 saturated heterocycles. The molecule has 0 aliphatic carbocycles. The van der Waals surface area contributed by atoms with Crippen LogP contribution in [-0.4, -0.2) is 49.7 Å². The van der Waals surface area contributed by atoms with Crippen molar-refractivity contribution in [3.8, 4) is 11.5 Å². The van der Waals surface area contributed by atoms with Gasteiger partial charge in [-0.25, -0.2) is 9.78 Å². The lowest BCUT2D eigenvalue weighted by Crippen LogP contribution is -2.52. The second-order valence-electron chi connectivity index (χ2n) is 6.50. The van der Waals surface area contributed by atoms with Gasteiger partial charge in [-0.15, -0.1) is 11.3 Å². The fraction of sp³-hybridized carbons (Fsp3) is 0.333. The van der Waals surface area contributed by atoms with Crippen LogP contribution in [0.5, 0.6) is 0 Å². The minimum absolute atomic E-state index is 0.0309. The van der Waals surface area contributed by atoms with Crippen LogP contribution in [0.1, 0.15) is 18.5 Å². The van der Waals surface area contributed by atoms with Crippen LogP contribution in [0.2, 0.25) is 0 Å². The van der Waals surface area contributed by atoms with Crippen LogP contribution < -0.4 is 0 Å². The lowest BCUT2D eigenvalue weighted by Gasteiger charge is -2.39. The predicted molar refractivity (Wildman–Crippen MR) is 97.2 cm³/mol. The van der Waals surface area contributed by atoms with Crippen molar-refractivity contribution in [2.24, 2.45) is 0 Å². The number of furan rings is 1. The number of hydrogen-bond donors (Lipinski definition) is 1. The zero-order valence-electron chi connectivity index (χ0n) is 14.4. The summed E-state index contributed by atoms with van der Waals surface area (Å²) in [7, 11) is 0. The number of thiazole rings is 1. The van der Waals surface area contributed by atoms with Gasteiger partial charge in [0.2, 0.25) is 5.91 Å². The van der Waals surface area contributed by atoms with E-state index in [1.807, 2.05) is 5.38 Å². The van der Waals surface area contributed by atoms with Crippen LogP contribution in [-0.2, 0) is 21.5 Å². The number of carboxylic acid groups (broad SMARTS) is 1. The fourth-order valence-corrected chi connectivity index (χ4v) is 3.94. The van der Waals surface area contributed by atoms with E-state index in [1.165, 1.54) is 16.0 Å². The number of carboxylic acids is 1. The summed E-state index contributed by atoms with van der Waals surface area (Å²) in [5.74, 6) is -0.384. The molecule has 0 aromatic carbocycles. The van der Waals surface area contributed by atoms with Gasteiger partial charge in [0.1, 0.15) is 5.69 Å². The molecule has 140 valence electrons. The molecule has 1 fully saturated rings. The number of carbonyl (C=O) groups is 2. The normalized spacial score (nSPS) is 16.4. The summed E-state index contributed by atoms with van der Waals surface area (Å²) < 4.78 is 6.83. The van der Waals surface area contributed by atoms with Gasteiger partial charge in [0.15, 0.2) is 11.3 Å².